The monoisotopic (exact) mass is 247 g/mol. The minimum absolute atomic E-state index is 0. The molecule has 0 aromatic heterocycles. The Labute approximate surface area is 123 Å². The number of barbiturate groups is 1. The molecule has 4 amide bonds. The van der Waals surface area contributed by atoms with Crippen LogP contribution in [0.3, 0.4) is 0 Å². The Hall–Kier alpha value is -0.390. The Bertz CT molecular complexity index is 340. The molecule has 1 saturated carbocycles. The number of urea groups is 1. The second-order valence-corrected chi connectivity index (χ2v) is 4.52. The quantitative estimate of drug-likeness (QED) is 0.432. The van der Waals surface area contributed by atoms with Crippen LogP contribution in [0, 0.1) is 5.92 Å². The van der Waals surface area contributed by atoms with E-state index < -0.39 is 17.9 Å². The number of amides is 4. The van der Waals surface area contributed by atoms with Gasteiger partial charge in [0.05, 0.1) is 0 Å². The molecule has 1 N–H and O–H groups in total. The zero-order valence-electron chi connectivity index (χ0n) is 10.4. The van der Waals surface area contributed by atoms with Gasteiger partial charge in [0.15, 0.2) is 0 Å². The number of carbonyl (C=O) groups excluding carboxylic acids is 3. The van der Waals surface area contributed by atoms with E-state index in [0.717, 1.165) is 32.1 Å². The predicted octanol–water partition coefficient (Wildman–Crippen LogP) is -1.96. The number of hydrogen-bond acceptors (Lipinski definition) is 3. The first-order valence-corrected chi connectivity index (χ1v) is 5.79. The van der Waals surface area contributed by atoms with E-state index in [1.54, 1.807) is 6.92 Å². The molecule has 0 radical (unpaired) electrons. The fraction of sp³-hybridized carbons (Fsp3) is 0.727. The fourth-order valence-electron chi connectivity index (χ4n) is 2.38. The first-order chi connectivity index (χ1) is 7.61. The van der Waals surface area contributed by atoms with Gasteiger partial charge in [-0.25, -0.2) is 4.79 Å². The normalized spacial score (nSPS) is 26.5. The van der Waals surface area contributed by atoms with Crippen LogP contribution in [0.1, 0.15) is 39.0 Å². The molecule has 2 fully saturated rings. The molecule has 0 aromatic carbocycles. The molecule has 1 heterocycles. The molecule has 0 aromatic rings. The first-order valence-electron chi connectivity index (χ1n) is 5.79. The van der Waals surface area contributed by atoms with Crippen molar-refractivity contribution in [2.45, 2.75) is 45.1 Å². The van der Waals surface area contributed by atoms with E-state index in [1.807, 2.05) is 0 Å². The van der Waals surface area contributed by atoms with Crippen molar-refractivity contribution in [3.8, 4) is 0 Å². The predicted molar refractivity (Wildman–Crippen MR) is 56.4 cm³/mol. The van der Waals surface area contributed by atoms with E-state index in [-0.39, 0.29) is 41.5 Å². The van der Waals surface area contributed by atoms with Crippen LogP contribution in [0.15, 0.2) is 0 Å². The Morgan fingerprint density at radius 3 is 2.29 bits per heavy atom. The van der Waals surface area contributed by atoms with Gasteiger partial charge < -0.3 is 0 Å². The van der Waals surface area contributed by atoms with Crippen molar-refractivity contribution in [2.24, 2.45) is 5.92 Å². The molecular formula is C11H16N2NaO3+. The van der Waals surface area contributed by atoms with E-state index in [9.17, 15) is 14.4 Å². The number of carbonyl (C=O) groups is 3. The van der Waals surface area contributed by atoms with Crippen molar-refractivity contribution in [1.82, 2.24) is 10.2 Å². The Kier molecular flexibility index (Phi) is 5.16. The van der Waals surface area contributed by atoms with Crippen molar-refractivity contribution in [1.29, 1.82) is 0 Å². The summed E-state index contributed by atoms with van der Waals surface area (Å²) in [4.78, 5) is 36.0. The van der Waals surface area contributed by atoms with E-state index in [0.29, 0.717) is 0 Å². The topological polar surface area (TPSA) is 66.5 Å². The molecule has 0 spiro atoms. The standard InChI is InChI=1S/C11H16N2O3.Na/c1-7-9(14)12-11(16)13(10(7)15)8-5-3-2-4-6-8;/h7-8H,2-6H2,1H3,(H,12,14,16);/q;+1. The first kappa shape index (κ1) is 14.7. The number of nitrogens with one attached hydrogen (secondary N) is 1. The van der Waals surface area contributed by atoms with Gasteiger partial charge in [-0.15, -0.1) is 0 Å². The van der Waals surface area contributed by atoms with Crippen molar-refractivity contribution in [2.75, 3.05) is 0 Å². The van der Waals surface area contributed by atoms with E-state index in [1.165, 1.54) is 4.90 Å². The zero-order valence-corrected chi connectivity index (χ0v) is 12.4. The number of nitrogens with zero attached hydrogens (tertiary/aromatic N) is 1. The average Bonchev–Trinajstić information content (AvgIpc) is 2.28. The van der Waals surface area contributed by atoms with Gasteiger partial charge in [0.1, 0.15) is 5.92 Å². The van der Waals surface area contributed by atoms with Crippen LogP contribution in [0.5, 0.6) is 0 Å². The zero-order chi connectivity index (χ0) is 11.7. The number of rotatable bonds is 1. The van der Waals surface area contributed by atoms with Gasteiger partial charge in [-0.05, 0) is 19.8 Å². The van der Waals surface area contributed by atoms with Crippen LogP contribution < -0.4 is 34.9 Å². The van der Waals surface area contributed by atoms with Crippen molar-refractivity contribution in [3.05, 3.63) is 0 Å². The van der Waals surface area contributed by atoms with Crippen LogP contribution in [0.2, 0.25) is 0 Å². The number of imide groups is 2. The van der Waals surface area contributed by atoms with Gasteiger partial charge in [0, 0.05) is 6.04 Å². The summed E-state index contributed by atoms with van der Waals surface area (Å²) in [7, 11) is 0. The largest absolute Gasteiger partial charge is 1.00 e. The summed E-state index contributed by atoms with van der Waals surface area (Å²) in [6.07, 6.45) is 4.98. The van der Waals surface area contributed by atoms with Gasteiger partial charge in [0.2, 0.25) is 11.8 Å². The summed E-state index contributed by atoms with van der Waals surface area (Å²) in [5.41, 5.74) is 0. The molecule has 0 bridgehead atoms. The maximum atomic E-state index is 11.9. The van der Waals surface area contributed by atoms with Gasteiger partial charge in [-0.1, -0.05) is 19.3 Å². The summed E-state index contributed by atoms with van der Waals surface area (Å²) in [5.74, 6) is -1.57. The Morgan fingerprint density at radius 1 is 1.12 bits per heavy atom. The molecule has 88 valence electrons. The molecule has 1 aliphatic carbocycles. The summed E-state index contributed by atoms with van der Waals surface area (Å²) in [6, 6.07) is -0.559. The molecule has 5 nitrogen and oxygen atoms in total. The van der Waals surface area contributed by atoms with Crippen LogP contribution in [-0.4, -0.2) is 28.8 Å². The minimum Gasteiger partial charge on any atom is -0.277 e. The van der Waals surface area contributed by atoms with E-state index in [4.69, 9.17) is 0 Å². The van der Waals surface area contributed by atoms with Crippen LogP contribution in [0.25, 0.3) is 0 Å². The van der Waals surface area contributed by atoms with Gasteiger partial charge in [-0.2, -0.15) is 0 Å². The maximum absolute atomic E-state index is 11.9. The molecule has 1 aliphatic heterocycles. The third kappa shape index (κ3) is 2.89. The molecule has 1 atom stereocenters. The molecule has 1 unspecified atom stereocenters. The van der Waals surface area contributed by atoms with Crippen molar-refractivity contribution in [3.63, 3.8) is 0 Å². The Balaban J connectivity index is 0.00000144. The second kappa shape index (κ2) is 5.98. The maximum Gasteiger partial charge on any atom is 1.00 e. The van der Waals surface area contributed by atoms with Crippen LogP contribution in [0.4, 0.5) is 4.79 Å². The number of hydrogen-bond donors (Lipinski definition) is 1. The molecular weight excluding hydrogens is 231 g/mol. The SMILES string of the molecule is CC1C(=O)NC(=O)N(C2CCCCC2)C1=O.[Na+]. The van der Waals surface area contributed by atoms with E-state index >= 15 is 0 Å². The second-order valence-electron chi connectivity index (χ2n) is 4.52. The van der Waals surface area contributed by atoms with Crippen LogP contribution >= 0.6 is 0 Å². The van der Waals surface area contributed by atoms with Gasteiger partial charge in [-0.3, -0.25) is 19.8 Å². The smallest absolute Gasteiger partial charge is 0.277 e. The molecule has 17 heavy (non-hydrogen) atoms. The summed E-state index contributed by atoms with van der Waals surface area (Å²) >= 11 is 0. The Morgan fingerprint density at radius 2 is 1.71 bits per heavy atom. The molecule has 1 saturated heterocycles. The fourth-order valence-corrected chi connectivity index (χ4v) is 2.38. The molecule has 2 rings (SSSR count). The van der Waals surface area contributed by atoms with Gasteiger partial charge in [0.25, 0.3) is 0 Å². The van der Waals surface area contributed by atoms with Gasteiger partial charge >= 0.3 is 35.6 Å². The van der Waals surface area contributed by atoms with Crippen LogP contribution in [-0.2, 0) is 9.59 Å². The third-order valence-electron chi connectivity index (χ3n) is 3.39. The average molecular weight is 247 g/mol. The van der Waals surface area contributed by atoms with Crippen molar-refractivity contribution >= 4 is 17.8 Å². The van der Waals surface area contributed by atoms with Crippen molar-refractivity contribution < 1.29 is 43.9 Å². The summed E-state index contributed by atoms with van der Waals surface area (Å²) in [5, 5.41) is 2.23. The molecule has 2 aliphatic rings. The minimum atomic E-state index is -0.736. The summed E-state index contributed by atoms with van der Waals surface area (Å²) in [6.45, 7) is 1.54. The third-order valence-corrected chi connectivity index (χ3v) is 3.39. The molecule has 6 heteroatoms. The summed E-state index contributed by atoms with van der Waals surface area (Å²) < 4.78 is 0. The van der Waals surface area contributed by atoms with E-state index in [2.05, 4.69) is 5.32 Å².